The minimum Gasteiger partial charge on any atom is -0.495 e. The number of aryl methyl sites for hydroxylation is 1. The third-order valence-electron chi connectivity index (χ3n) is 5.19. The number of esters is 1. The average molecular weight is 513 g/mol. The van der Waals surface area contributed by atoms with Crippen LogP contribution in [0, 0.1) is 12.8 Å². The van der Waals surface area contributed by atoms with E-state index in [2.05, 4.69) is 15.9 Å². The SMILES string of the molecule is COc1cc(C)c(Br)c2c1S(=O)(=O)c1ccc(C(O)CC(C)C)c(OC)c1C(=O)OC2. The van der Waals surface area contributed by atoms with E-state index in [1.54, 1.807) is 13.0 Å². The number of halogens is 1. The first-order valence-corrected chi connectivity index (χ1v) is 12.0. The van der Waals surface area contributed by atoms with Crippen molar-refractivity contribution < 1.29 is 32.5 Å². The molecule has 1 atom stereocenters. The Morgan fingerprint density at radius 2 is 1.90 bits per heavy atom. The molecule has 1 unspecified atom stereocenters. The van der Waals surface area contributed by atoms with E-state index in [0.29, 0.717) is 22.0 Å². The molecule has 0 aromatic heterocycles. The van der Waals surface area contributed by atoms with Gasteiger partial charge in [-0.3, -0.25) is 0 Å². The van der Waals surface area contributed by atoms with E-state index >= 15 is 0 Å². The van der Waals surface area contributed by atoms with E-state index < -0.39 is 21.9 Å². The number of aliphatic hydroxyl groups excluding tert-OH is 1. The summed E-state index contributed by atoms with van der Waals surface area (Å²) in [6.45, 7) is 5.42. The number of ether oxygens (including phenoxy) is 3. The van der Waals surface area contributed by atoms with Crippen LogP contribution in [0.25, 0.3) is 0 Å². The van der Waals surface area contributed by atoms with Gasteiger partial charge in [-0.2, -0.15) is 0 Å². The van der Waals surface area contributed by atoms with Crippen LogP contribution in [0.5, 0.6) is 11.5 Å². The molecule has 0 fully saturated rings. The second kappa shape index (κ2) is 8.80. The molecular weight excluding hydrogens is 488 g/mol. The fourth-order valence-electron chi connectivity index (χ4n) is 3.76. The molecule has 2 aromatic rings. The lowest BCUT2D eigenvalue weighted by atomic mass is 9.97. The molecule has 168 valence electrons. The Kier molecular flexibility index (Phi) is 6.69. The Morgan fingerprint density at radius 3 is 2.48 bits per heavy atom. The van der Waals surface area contributed by atoms with E-state index in [0.717, 1.165) is 5.56 Å². The van der Waals surface area contributed by atoms with Gasteiger partial charge in [-0.05, 0) is 37.0 Å². The Morgan fingerprint density at radius 1 is 1.23 bits per heavy atom. The Bertz CT molecular complexity index is 1140. The highest BCUT2D eigenvalue weighted by Crippen LogP contribution is 2.44. The molecule has 0 radical (unpaired) electrons. The molecule has 0 aliphatic carbocycles. The lowest BCUT2D eigenvalue weighted by Gasteiger charge is -2.24. The quantitative estimate of drug-likeness (QED) is 0.594. The van der Waals surface area contributed by atoms with E-state index in [1.807, 2.05) is 13.8 Å². The van der Waals surface area contributed by atoms with Crippen LogP contribution in [0.2, 0.25) is 0 Å². The van der Waals surface area contributed by atoms with Gasteiger partial charge in [0.25, 0.3) is 0 Å². The van der Waals surface area contributed by atoms with E-state index in [9.17, 15) is 18.3 Å². The summed E-state index contributed by atoms with van der Waals surface area (Å²) in [6.07, 6.45) is -0.514. The molecule has 0 saturated carbocycles. The normalized spacial score (nSPS) is 15.9. The minimum absolute atomic E-state index is 0.00665. The van der Waals surface area contributed by atoms with Gasteiger partial charge in [0.2, 0.25) is 9.84 Å². The molecule has 1 N–H and O–H groups in total. The Labute approximate surface area is 190 Å². The van der Waals surface area contributed by atoms with Crippen LogP contribution in [0.15, 0.2) is 32.5 Å². The molecule has 0 amide bonds. The highest BCUT2D eigenvalue weighted by atomic mass is 79.9. The van der Waals surface area contributed by atoms with Crippen molar-refractivity contribution in [1.29, 1.82) is 0 Å². The summed E-state index contributed by atoms with van der Waals surface area (Å²) in [6, 6.07) is 4.41. The number of aliphatic hydroxyl groups is 1. The molecule has 31 heavy (non-hydrogen) atoms. The zero-order valence-electron chi connectivity index (χ0n) is 18.0. The first-order valence-electron chi connectivity index (χ1n) is 9.71. The second-order valence-electron chi connectivity index (χ2n) is 7.80. The van der Waals surface area contributed by atoms with E-state index in [1.165, 1.54) is 26.4 Å². The molecule has 0 bridgehead atoms. The van der Waals surface area contributed by atoms with Crippen LogP contribution in [0.1, 0.15) is 53.4 Å². The van der Waals surface area contributed by atoms with Gasteiger partial charge in [-0.15, -0.1) is 0 Å². The Balaban J connectivity index is 2.36. The number of benzene rings is 2. The van der Waals surface area contributed by atoms with Gasteiger partial charge in [-0.25, -0.2) is 13.2 Å². The third-order valence-corrected chi connectivity index (χ3v) is 8.20. The van der Waals surface area contributed by atoms with E-state index in [-0.39, 0.29) is 39.4 Å². The van der Waals surface area contributed by atoms with Crippen molar-refractivity contribution in [3.05, 3.63) is 44.9 Å². The maximum atomic E-state index is 13.8. The van der Waals surface area contributed by atoms with Gasteiger partial charge in [0.1, 0.15) is 28.6 Å². The van der Waals surface area contributed by atoms with Gasteiger partial charge in [0, 0.05) is 15.6 Å². The number of rotatable bonds is 5. The van der Waals surface area contributed by atoms with Crippen molar-refractivity contribution in [1.82, 2.24) is 0 Å². The summed E-state index contributed by atoms with van der Waals surface area (Å²) in [7, 11) is -1.48. The lowest BCUT2D eigenvalue weighted by Crippen LogP contribution is -2.21. The fraction of sp³-hybridized carbons (Fsp3) is 0.409. The second-order valence-corrected chi connectivity index (χ2v) is 10.5. The minimum atomic E-state index is -4.19. The van der Waals surface area contributed by atoms with Crippen LogP contribution in [0.3, 0.4) is 0 Å². The number of hydrogen-bond acceptors (Lipinski definition) is 7. The van der Waals surface area contributed by atoms with Crippen LogP contribution < -0.4 is 9.47 Å². The number of carbonyl (C=O) groups excluding carboxylic acids is 1. The topological polar surface area (TPSA) is 99.1 Å². The standard InChI is InChI=1S/C22H25BrO7S/c1-11(2)8-15(24)13-6-7-17-18(20(13)29-5)22(25)30-10-14-19(23)12(3)9-16(28-4)21(14)31(17,26)27/h6-7,9,11,15,24H,8,10H2,1-5H3. The third kappa shape index (κ3) is 4.06. The van der Waals surface area contributed by atoms with Crippen LogP contribution >= 0.6 is 15.9 Å². The molecule has 9 heteroatoms. The van der Waals surface area contributed by atoms with Crippen LogP contribution in [0.4, 0.5) is 0 Å². The molecule has 3 rings (SSSR count). The molecular formula is C22H25BrO7S. The monoisotopic (exact) mass is 512 g/mol. The highest BCUT2D eigenvalue weighted by molar-refractivity contribution is 9.10. The molecule has 0 spiro atoms. The zero-order valence-corrected chi connectivity index (χ0v) is 20.4. The van der Waals surface area contributed by atoms with Gasteiger partial charge in [0.15, 0.2) is 0 Å². The predicted molar refractivity (Wildman–Crippen MR) is 117 cm³/mol. The molecule has 7 nitrogen and oxygen atoms in total. The van der Waals surface area contributed by atoms with Crippen LogP contribution in [-0.2, 0) is 21.2 Å². The number of carbonyl (C=O) groups is 1. The first-order chi connectivity index (χ1) is 14.5. The zero-order chi connectivity index (χ0) is 23.1. The van der Waals surface area contributed by atoms with Gasteiger partial charge >= 0.3 is 5.97 Å². The van der Waals surface area contributed by atoms with Crippen molar-refractivity contribution in [2.45, 2.75) is 49.7 Å². The summed E-state index contributed by atoms with van der Waals surface area (Å²) in [5.74, 6) is -0.517. The molecule has 2 aromatic carbocycles. The summed E-state index contributed by atoms with van der Waals surface area (Å²) < 4.78 is 44.3. The van der Waals surface area contributed by atoms with Gasteiger partial charge in [0.05, 0.1) is 25.2 Å². The van der Waals surface area contributed by atoms with Crippen molar-refractivity contribution >= 4 is 31.7 Å². The molecule has 1 aliphatic heterocycles. The number of sulfone groups is 1. The maximum absolute atomic E-state index is 13.8. The molecule has 1 aliphatic rings. The van der Waals surface area contributed by atoms with Gasteiger partial charge < -0.3 is 19.3 Å². The number of cyclic esters (lactones) is 1. The molecule has 1 heterocycles. The van der Waals surface area contributed by atoms with Crippen molar-refractivity contribution in [3.63, 3.8) is 0 Å². The summed E-state index contributed by atoms with van der Waals surface area (Å²) >= 11 is 3.41. The van der Waals surface area contributed by atoms with Crippen molar-refractivity contribution in [3.8, 4) is 11.5 Å². The van der Waals surface area contributed by atoms with E-state index in [4.69, 9.17) is 14.2 Å². The lowest BCUT2D eigenvalue weighted by molar-refractivity contribution is 0.0456. The smallest absolute Gasteiger partial charge is 0.343 e. The summed E-state index contributed by atoms with van der Waals surface area (Å²) in [4.78, 5) is 12.7. The average Bonchev–Trinajstić information content (AvgIpc) is 2.71. The van der Waals surface area contributed by atoms with Crippen molar-refractivity contribution in [2.75, 3.05) is 14.2 Å². The summed E-state index contributed by atoms with van der Waals surface area (Å²) in [5.41, 5.74) is 1.15. The first kappa shape index (κ1) is 23.6. The Hall–Kier alpha value is -2.10. The largest absolute Gasteiger partial charge is 0.495 e. The van der Waals surface area contributed by atoms with Gasteiger partial charge in [-0.1, -0.05) is 35.8 Å². The predicted octanol–water partition coefficient (Wildman–Crippen LogP) is 4.36. The number of hydrogen-bond donors (Lipinski definition) is 1. The number of fused-ring (bicyclic) bond motifs is 2. The number of methoxy groups -OCH3 is 2. The fourth-order valence-corrected chi connectivity index (χ4v) is 6.12. The summed E-state index contributed by atoms with van der Waals surface area (Å²) in [5, 5.41) is 10.6. The van der Waals surface area contributed by atoms with Crippen molar-refractivity contribution in [2.24, 2.45) is 5.92 Å². The maximum Gasteiger partial charge on any atom is 0.343 e. The highest BCUT2D eigenvalue weighted by Gasteiger charge is 2.38. The van der Waals surface area contributed by atoms with Crippen LogP contribution in [-0.4, -0.2) is 33.7 Å². The molecule has 0 saturated heterocycles.